The molecule has 1 aromatic carbocycles. The Balaban J connectivity index is 2.90. The van der Waals surface area contributed by atoms with Crippen LogP contribution in [-0.4, -0.2) is 5.91 Å². The summed E-state index contributed by atoms with van der Waals surface area (Å²) < 4.78 is 0. The molecule has 1 rings (SSSR count). The maximum Gasteiger partial charge on any atom is 0.224 e. The number of carbonyl (C=O) groups is 1. The number of anilines is 1. The Morgan fingerprint density at radius 3 is 2.50 bits per heavy atom. The third kappa shape index (κ3) is 3.09. The van der Waals surface area contributed by atoms with Gasteiger partial charge in [0.2, 0.25) is 5.91 Å². The van der Waals surface area contributed by atoms with Crippen molar-refractivity contribution >= 4 is 11.6 Å². The molecule has 0 aromatic heterocycles. The maximum atomic E-state index is 11.6. The van der Waals surface area contributed by atoms with Gasteiger partial charge in [-0.15, -0.1) is 0 Å². The summed E-state index contributed by atoms with van der Waals surface area (Å²) in [5.41, 5.74) is 3.59. The number of nitrogens with one attached hydrogen (secondary N) is 1. The second-order valence-corrected chi connectivity index (χ2v) is 3.95. The minimum atomic E-state index is 0.116. The van der Waals surface area contributed by atoms with Gasteiger partial charge in [0.15, 0.2) is 0 Å². The molecule has 0 bridgehead atoms. The van der Waals surface area contributed by atoms with Crippen LogP contribution in [-0.2, 0) is 17.6 Å². The molecule has 0 aliphatic carbocycles. The van der Waals surface area contributed by atoms with E-state index in [-0.39, 0.29) is 5.91 Å². The average Bonchev–Trinajstić information content (AvgIpc) is 2.29. The highest BCUT2D eigenvalue weighted by atomic mass is 16.1. The zero-order valence-electron chi connectivity index (χ0n) is 10.5. The lowest BCUT2D eigenvalue weighted by atomic mass is 10.0. The Labute approximate surface area is 98.1 Å². The number of benzene rings is 1. The van der Waals surface area contributed by atoms with E-state index in [2.05, 4.69) is 25.2 Å². The number of carbonyl (C=O) groups excluding carboxylic acids is 1. The summed E-state index contributed by atoms with van der Waals surface area (Å²) >= 11 is 0. The van der Waals surface area contributed by atoms with Gasteiger partial charge >= 0.3 is 0 Å². The van der Waals surface area contributed by atoms with Crippen molar-refractivity contribution in [2.45, 2.75) is 46.5 Å². The maximum absolute atomic E-state index is 11.6. The van der Waals surface area contributed by atoms with Crippen LogP contribution in [0, 0.1) is 0 Å². The first kappa shape index (κ1) is 12.8. The molecule has 1 N–H and O–H groups in total. The van der Waals surface area contributed by atoms with Crippen molar-refractivity contribution in [3.8, 4) is 0 Å². The van der Waals surface area contributed by atoms with Gasteiger partial charge in [0.25, 0.3) is 0 Å². The molecule has 16 heavy (non-hydrogen) atoms. The van der Waals surface area contributed by atoms with Crippen molar-refractivity contribution in [2.24, 2.45) is 0 Å². The smallest absolute Gasteiger partial charge is 0.224 e. The van der Waals surface area contributed by atoms with Gasteiger partial charge in [0.1, 0.15) is 0 Å². The fraction of sp³-hybridized carbons (Fsp3) is 0.500. The monoisotopic (exact) mass is 219 g/mol. The van der Waals surface area contributed by atoms with Crippen molar-refractivity contribution in [1.29, 1.82) is 0 Å². The van der Waals surface area contributed by atoms with Crippen LogP contribution >= 0.6 is 0 Å². The van der Waals surface area contributed by atoms with Crippen molar-refractivity contribution in [1.82, 2.24) is 0 Å². The molecule has 0 spiro atoms. The Bertz CT molecular complexity index is 358. The predicted molar refractivity (Wildman–Crippen MR) is 68.7 cm³/mol. The first-order valence-corrected chi connectivity index (χ1v) is 6.13. The first-order chi connectivity index (χ1) is 7.72. The van der Waals surface area contributed by atoms with E-state index in [1.165, 1.54) is 11.1 Å². The molecule has 0 unspecified atom stereocenters. The SMILES string of the molecule is CCCC(=O)Nc1cccc(CC)c1CC. The van der Waals surface area contributed by atoms with Gasteiger partial charge in [-0.2, -0.15) is 0 Å². The lowest BCUT2D eigenvalue weighted by Crippen LogP contribution is -2.12. The topological polar surface area (TPSA) is 29.1 Å². The van der Waals surface area contributed by atoms with Crippen molar-refractivity contribution < 1.29 is 4.79 Å². The summed E-state index contributed by atoms with van der Waals surface area (Å²) in [6, 6.07) is 6.14. The highest BCUT2D eigenvalue weighted by Gasteiger charge is 2.07. The zero-order valence-corrected chi connectivity index (χ0v) is 10.5. The fourth-order valence-corrected chi connectivity index (χ4v) is 1.94. The molecule has 1 amide bonds. The van der Waals surface area contributed by atoms with Crippen LogP contribution in [0.5, 0.6) is 0 Å². The van der Waals surface area contributed by atoms with Gasteiger partial charge in [-0.1, -0.05) is 32.9 Å². The lowest BCUT2D eigenvalue weighted by molar-refractivity contribution is -0.116. The molecule has 0 heterocycles. The predicted octanol–water partition coefficient (Wildman–Crippen LogP) is 3.55. The number of rotatable bonds is 5. The van der Waals surface area contributed by atoms with E-state index >= 15 is 0 Å². The van der Waals surface area contributed by atoms with E-state index < -0.39 is 0 Å². The molecule has 0 saturated carbocycles. The molecule has 2 nitrogen and oxygen atoms in total. The van der Waals surface area contributed by atoms with Crippen molar-refractivity contribution in [3.63, 3.8) is 0 Å². The summed E-state index contributed by atoms with van der Waals surface area (Å²) in [7, 11) is 0. The third-order valence-electron chi connectivity index (χ3n) is 2.76. The van der Waals surface area contributed by atoms with Gasteiger partial charge in [-0.05, 0) is 36.5 Å². The van der Waals surface area contributed by atoms with Crippen LogP contribution in [0.4, 0.5) is 5.69 Å². The summed E-state index contributed by atoms with van der Waals surface area (Å²) in [4.78, 5) is 11.6. The van der Waals surface area contributed by atoms with Crippen LogP contribution < -0.4 is 5.32 Å². The normalized spacial score (nSPS) is 10.2. The second kappa shape index (κ2) is 6.31. The van der Waals surface area contributed by atoms with E-state index in [9.17, 15) is 4.79 Å². The van der Waals surface area contributed by atoms with Gasteiger partial charge < -0.3 is 5.32 Å². The minimum absolute atomic E-state index is 0.116. The molecule has 0 atom stereocenters. The van der Waals surface area contributed by atoms with Crippen LogP contribution in [0.3, 0.4) is 0 Å². The van der Waals surface area contributed by atoms with Crippen LogP contribution in [0.25, 0.3) is 0 Å². The highest BCUT2D eigenvalue weighted by Crippen LogP contribution is 2.21. The van der Waals surface area contributed by atoms with E-state index in [0.29, 0.717) is 6.42 Å². The van der Waals surface area contributed by atoms with Crippen LogP contribution in [0.1, 0.15) is 44.7 Å². The van der Waals surface area contributed by atoms with Crippen LogP contribution in [0.2, 0.25) is 0 Å². The average molecular weight is 219 g/mol. The third-order valence-corrected chi connectivity index (χ3v) is 2.76. The standard InChI is InChI=1S/C14H21NO/c1-4-8-14(16)15-13-10-7-9-11(5-2)12(13)6-3/h7,9-10H,4-6,8H2,1-3H3,(H,15,16). The molecule has 0 radical (unpaired) electrons. The van der Waals surface area contributed by atoms with E-state index in [1.807, 2.05) is 19.1 Å². The molecule has 0 aliphatic heterocycles. The Kier molecular flexibility index (Phi) is 5.03. The molecular weight excluding hydrogens is 198 g/mol. The van der Waals surface area contributed by atoms with Crippen molar-refractivity contribution in [3.05, 3.63) is 29.3 Å². The molecule has 88 valence electrons. The summed E-state index contributed by atoms with van der Waals surface area (Å²) in [6.45, 7) is 6.29. The van der Waals surface area contributed by atoms with E-state index in [1.54, 1.807) is 0 Å². The van der Waals surface area contributed by atoms with Gasteiger partial charge in [0.05, 0.1) is 0 Å². The summed E-state index contributed by atoms with van der Waals surface area (Å²) in [6.07, 6.45) is 3.46. The van der Waals surface area contributed by atoms with Gasteiger partial charge in [0, 0.05) is 12.1 Å². The van der Waals surface area contributed by atoms with E-state index in [4.69, 9.17) is 0 Å². The van der Waals surface area contributed by atoms with Gasteiger partial charge in [-0.3, -0.25) is 4.79 Å². The Morgan fingerprint density at radius 2 is 1.94 bits per heavy atom. The number of amides is 1. The molecule has 2 heteroatoms. The quantitative estimate of drug-likeness (QED) is 0.806. The first-order valence-electron chi connectivity index (χ1n) is 6.13. The minimum Gasteiger partial charge on any atom is -0.326 e. The molecule has 0 saturated heterocycles. The Hall–Kier alpha value is -1.31. The summed E-state index contributed by atoms with van der Waals surface area (Å²) in [5.74, 6) is 0.116. The highest BCUT2D eigenvalue weighted by molar-refractivity contribution is 5.91. The largest absolute Gasteiger partial charge is 0.326 e. The molecular formula is C14H21NO. The second-order valence-electron chi connectivity index (χ2n) is 3.95. The van der Waals surface area contributed by atoms with Crippen LogP contribution in [0.15, 0.2) is 18.2 Å². The van der Waals surface area contributed by atoms with Crippen molar-refractivity contribution in [2.75, 3.05) is 5.32 Å². The summed E-state index contributed by atoms with van der Waals surface area (Å²) in [5, 5.41) is 3.00. The van der Waals surface area contributed by atoms with Gasteiger partial charge in [-0.25, -0.2) is 0 Å². The Morgan fingerprint density at radius 1 is 1.19 bits per heavy atom. The number of aryl methyl sites for hydroxylation is 1. The fourth-order valence-electron chi connectivity index (χ4n) is 1.94. The number of hydrogen-bond acceptors (Lipinski definition) is 1. The molecule has 0 fully saturated rings. The molecule has 0 aliphatic rings. The lowest BCUT2D eigenvalue weighted by Gasteiger charge is -2.13. The molecule has 1 aromatic rings. The zero-order chi connectivity index (χ0) is 12.0. The van der Waals surface area contributed by atoms with E-state index in [0.717, 1.165) is 24.9 Å². The number of hydrogen-bond donors (Lipinski definition) is 1.